The molecule has 7 rings (SSSR count). The highest BCUT2D eigenvalue weighted by atomic mass is 19.1. The van der Waals surface area contributed by atoms with Crippen LogP contribution < -0.4 is 20.3 Å². The number of aromatic nitrogens is 4. The van der Waals surface area contributed by atoms with Crippen molar-refractivity contribution in [3.8, 4) is 28.4 Å². The van der Waals surface area contributed by atoms with E-state index in [0.29, 0.717) is 45.7 Å². The minimum atomic E-state index is -0.864. The van der Waals surface area contributed by atoms with E-state index in [0.717, 1.165) is 43.8 Å². The third-order valence-corrected chi connectivity index (χ3v) is 8.60. The number of nitrogens with zero attached hydrogens (tertiary/aromatic N) is 5. The van der Waals surface area contributed by atoms with Gasteiger partial charge in [0.2, 0.25) is 5.95 Å². The Morgan fingerprint density at radius 3 is 2.47 bits per heavy atom. The number of carbonyl (C=O) groups excluding carboxylic acids is 1. The zero-order valence-electron chi connectivity index (χ0n) is 26.9. The van der Waals surface area contributed by atoms with E-state index < -0.39 is 23.2 Å². The Morgan fingerprint density at radius 2 is 1.69 bits per heavy atom. The summed E-state index contributed by atoms with van der Waals surface area (Å²) in [5.41, 5.74) is 4.54. The van der Waals surface area contributed by atoms with E-state index in [9.17, 15) is 13.6 Å². The van der Waals surface area contributed by atoms with E-state index in [4.69, 9.17) is 19.4 Å². The van der Waals surface area contributed by atoms with Crippen molar-refractivity contribution in [1.82, 2.24) is 19.4 Å². The Labute approximate surface area is 281 Å². The molecule has 0 atom stereocenters. The van der Waals surface area contributed by atoms with Crippen molar-refractivity contribution in [2.45, 2.75) is 18.9 Å². The van der Waals surface area contributed by atoms with Crippen LogP contribution in [0.5, 0.6) is 5.75 Å². The molecule has 2 N–H and O–H groups in total. The number of benzene rings is 3. The number of anilines is 4. The summed E-state index contributed by atoms with van der Waals surface area (Å²) >= 11 is 0. The maximum Gasteiger partial charge on any atom is 0.255 e. The molecule has 49 heavy (non-hydrogen) atoms. The molecule has 0 unspecified atom stereocenters. The normalized spacial score (nSPS) is 13.4. The Balaban J connectivity index is 1.20. The van der Waals surface area contributed by atoms with E-state index >= 15 is 0 Å². The number of methoxy groups -OCH3 is 2. The molecule has 12 heteroatoms. The van der Waals surface area contributed by atoms with Gasteiger partial charge in [0.25, 0.3) is 5.91 Å². The molecule has 4 heterocycles. The van der Waals surface area contributed by atoms with Crippen LogP contribution in [0.15, 0.2) is 97.3 Å². The second-order valence-corrected chi connectivity index (χ2v) is 11.6. The molecule has 6 aromatic rings. The smallest absolute Gasteiger partial charge is 0.255 e. The summed E-state index contributed by atoms with van der Waals surface area (Å²) < 4.78 is 41.7. The highest BCUT2D eigenvalue weighted by Crippen LogP contribution is 2.35. The fraction of sp³-hybridized carbons (Fsp3) is 0.189. The lowest BCUT2D eigenvalue weighted by atomic mass is 10.0. The highest BCUT2D eigenvalue weighted by molar-refractivity contribution is 6.05. The van der Waals surface area contributed by atoms with Gasteiger partial charge in [-0.1, -0.05) is 24.3 Å². The number of carbonyl (C=O) groups is 1. The molecular formula is C37H33F2N7O3. The average molecular weight is 662 g/mol. The van der Waals surface area contributed by atoms with Crippen molar-refractivity contribution in [3.05, 3.63) is 115 Å². The lowest BCUT2D eigenvalue weighted by Crippen LogP contribution is -2.36. The third-order valence-electron chi connectivity index (χ3n) is 8.60. The van der Waals surface area contributed by atoms with Gasteiger partial charge in [0.15, 0.2) is 0 Å². The fourth-order valence-electron chi connectivity index (χ4n) is 6.05. The number of hydrogen-bond donors (Lipinski definition) is 2. The molecule has 0 bridgehead atoms. The van der Waals surface area contributed by atoms with E-state index in [2.05, 4.69) is 20.5 Å². The zero-order valence-corrected chi connectivity index (χ0v) is 26.9. The topological polar surface area (TPSA) is 106 Å². The fourth-order valence-corrected chi connectivity index (χ4v) is 6.05. The van der Waals surface area contributed by atoms with Crippen LogP contribution >= 0.6 is 0 Å². The van der Waals surface area contributed by atoms with Crippen LogP contribution in [-0.2, 0) is 4.74 Å². The standard InChI is InChI=1S/C37H33F2N7O3/c1-48-26-15-19-45(20-16-26)25-12-13-29(31(22-25)49-2)41-37-40-17-14-30(42-37)35-33(43-32-11-3-4-18-46(32)35)23-7-5-8-24(21-23)36(47)44-34-27(38)9-6-10-28(34)39/h3-14,17-18,21-22,26H,15-16,19-20H2,1-2H3,(H,44,47)(H,40,41,42). The maximum absolute atomic E-state index is 14.3. The van der Waals surface area contributed by atoms with Gasteiger partial charge in [0, 0.05) is 55.5 Å². The number of pyridine rings is 1. The minimum absolute atomic E-state index is 0.201. The summed E-state index contributed by atoms with van der Waals surface area (Å²) in [5.74, 6) is -1.39. The summed E-state index contributed by atoms with van der Waals surface area (Å²) in [5, 5.41) is 5.66. The molecule has 0 aliphatic carbocycles. The molecular weight excluding hydrogens is 628 g/mol. The molecule has 1 amide bonds. The van der Waals surface area contributed by atoms with Gasteiger partial charge < -0.3 is 25.0 Å². The maximum atomic E-state index is 14.3. The van der Waals surface area contributed by atoms with Crippen molar-refractivity contribution < 1.29 is 23.0 Å². The molecule has 3 aromatic heterocycles. The van der Waals surface area contributed by atoms with Gasteiger partial charge >= 0.3 is 0 Å². The Morgan fingerprint density at radius 1 is 0.898 bits per heavy atom. The summed E-state index contributed by atoms with van der Waals surface area (Å²) in [6.45, 7) is 1.80. The first-order chi connectivity index (χ1) is 23.9. The zero-order chi connectivity index (χ0) is 33.9. The van der Waals surface area contributed by atoms with Crippen molar-refractivity contribution in [2.24, 2.45) is 0 Å². The molecule has 3 aromatic carbocycles. The predicted molar refractivity (Wildman–Crippen MR) is 184 cm³/mol. The quantitative estimate of drug-likeness (QED) is 0.166. The summed E-state index contributed by atoms with van der Waals surface area (Å²) in [4.78, 5) is 29.7. The SMILES string of the molecule is COc1cc(N2CCC(OC)CC2)ccc1Nc1nccc(-c2c(-c3cccc(C(=O)Nc4c(F)cccc4F)c3)nc3ccccn23)n1. The molecule has 0 spiro atoms. The summed E-state index contributed by atoms with van der Waals surface area (Å²) in [6, 6.07) is 23.5. The van der Waals surface area contributed by atoms with Crippen LogP contribution in [0.3, 0.4) is 0 Å². The third kappa shape index (κ3) is 6.50. The molecule has 248 valence electrons. The monoisotopic (exact) mass is 661 g/mol. The average Bonchev–Trinajstić information content (AvgIpc) is 3.53. The first kappa shape index (κ1) is 31.7. The number of ether oxygens (including phenoxy) is 2. The number of para-hydroxylation sites is 1. The van der Waals surface area contributed by atoms with Gasteiger partial charge in [-0.15, -0.1) is 0 Å². The summed E-state index contributed by atoms with van der Waals surface area (Å²) in [7, 11) is 3.39. The number of nitrogens with one attached hydrogen (secondary N) is 2. The first-order valence-electron chi connectivity index (χ1n) is 15.8. The van der Waals surface area contributed by atoms with Crippen molar-refractivity contribution in [1.29, 1.82) is 0 Å². The van der Waals surface area contributed by atoms with Crippen LogP contribution in [0.25, 0.3) is 28.3 Å². The van der Waals surface area contributed by atoms with Crippen molar-refractivity contribution in [3.63, 3.8) is 0 Å². The van der Waals surface area contributed by atoms with Crippen molar-refractivity contribution in [2.75, 3.05) is 42.8 Å². The van der Waals surface area contributed by atoms with Crippen LogP contribution in [0, 0.1) is 11.6 Å². The number of rotatable bonds is 9. The Hall–Kier alpha value is -5.88. The van der Waals surface area contributed by atoms with Crippen LogP contribution in [0.1, 0.15) is 23.2 Å². The summed E-state index contributed by atoms with van der Waals surface area (Å²) in [6.07, 6.45) is 5.76. The van der Waals surface area contributed by atoms with E-state index in [1.165, 1.54) is 6.07 Å². The molecule has 1 aliphatic heterocycles. The van der Waals surface area contributed by atoms with Crippen molar-refractivity contribution >= 4 is 34.6 Å². The number of halogens is 2. The Kier molecular flexibility index (Phi) is 8.86. The molecule has 1 fully saturated rings. The largest absolute Gasteiger partial charge is 0.494 e. The lowest BCUT2D eigenvalue weighted by molar-refractivity contribution is 0.0819. The molecule has 0 radical (unpaired) electrons. The number of amides is 1. The first-order valence-corrected chi connectivity index (χ1v) is 15.8. The van der Waals surface area contributed by atoms with Gasteiger partial charge in [-0.2, -0.15) is 0 Å². The molecule has 0 saturated carbocycles. The number of fused-ring (bicyclic) bond motifs is 1. The van der Waals surface area contributed by atoms with E-state index in [-0.39, 0.29) is 11.7 Å². The van der Waals surface area contributed by atoms with Gasteiger partial charge in [-0.25, -0.2) is 23.7 Å². The van der Waals surface area contributed by atoms with Gasteiger partial charge in [-0.3, -0.25) is 9.20 Å². The second-order valence-electron chi connectivity index (χ2n) is 11.6. The van der Waals surface area contributed by atoms with Gasteiger partial charge in [0.1, 0.15) is 28.7 Å². The number of piperidine rings is 1. The second kappa shape index (κ2) is 13.7. The van der Waals surface area contributed by atoms with Crippen LogP contribution in [0.4, 0.5) is 31.8 Å². The van der Waals surface area contributed by atoms with Crippen LogP contribution in [0.2, 0.25) is 0 Å². The predicted octanol–water partition coefficient (Wildman–Crippen LogP) is 7.36. The minimum Gasteiger partial charge on any atom is -0.494 e. The lowest BCUT2D eigenvalue weighted by Gasteiger charge is -2.33. The van der Waals surface area contributed by atoms with E-state index in [1.54, 1.807) is 44.7 Å². The van der Waals surface area contributed by atoms with Crippen LogP contribution in [-0.4, -0.2) is 58.7 Å². The Bertz CT molecular complexity index is 2130. The van der Waals surface area contributed by atoms with E-state index in [1.807, 2.05) is 53.1 Å². The highest BCUT2D eigenvalue weighted by Gasteiger charge is 2.22. The van der Waals surface area contributed by atoms with Gasteiger partial charge in [-0.05, 0) is 67.4 Å². The number of hydrogen-bond acceptors (Lipinski definition) is 8. The van der Waals surface area contributed by atoms with Gasteiger partial charge in [0.05, 0.1) is 36.0 Å². The molecule has 10 nitrogen and oxygen atoms in total. The molecule has 1 aliphatic rings. The molecule has 1 saturated heterocycles. The number of imidazole rings is 1.